The highest BCUT2D eigenvalue weighted by Gasteiger charge is 2.10. The Morgan fingerprint density at radius 3 is 1.34 bits per heavy atom. The van der Waals surface area contributed by atoms with Crippen molar-refractivity contribution in [2.24, 2.45) is 11.5 Å². The smallest absolute Gasteiger partial charge is 0.162 e. The van der Waals surface area contributed by atoms with E-state index in [9.17, 15) is 8.78 Å². The van der Waals surface area contributed by atoms with Gasteiger partial charge >= 0.3 is 0 Å². The Kier molecular flexibility index (Phi) is 5.94. The summed E-state index contributed by atoms with van der Waals surface area (Å²) in [6, 6.07) is 12.5. The molecule has 8 heteroatoms. The van der Waals surface area contributed by atoms with Gasteiger partial charge in [0.1, 0.15) is 11.6 Å². The molecule has 0 aliphatic rings. The molecule has 32 heavy (non-hydrogen) atoms. The van der Waals surface area contributed by atoms with Crippen LogP contribution in [-0.4, -0.2) is 19.9 Å². The molecule has 2 aromatic carbocycles. The van der Waals surface area contributed by atoms with Crippen molar-refractivity contribution >= 4 is 12.2 Å². The Labute approximate surface area is 183 Å². The van der Waals surface area contributed by atoms with Crippen molar-refractivity contribution in [3.8, 4) is 22.8 Å². The minimum Gasteiger partial charge on any atom is -0.397 e. The van der Waals surface area contributed by atoms with E-state index in [2.05, 4.69) is 19.9 Å². The SMILES string of the molecule is NC(=C/c1ccc(-c2ncccn2)c(F)c1)/C(N)=C\c1ccc(-c2ncccn2)c(F)c1. The van der Waals surface area contributed by atoms with Crippen LogP contribution >= 0.6 is 0 Å². The van der Waals surface area contributed by atoms with Crippen LogP contribution in [0, 0.1) is 11.6 Å². The van der Waals surface area contributed by atoms with Crippen LogP contribution in [0.5, 0.6) is 0 Å². The maximum atomic E-state index is 14.5. The van der Waals surface area contributed by atoms with Gasteiger partial charge in [-0.1, -0.05) is 12.1 Å². The fourth-order valence-electron chi connectivity index (χ4n) is 3.01. The van der Waals surface area contributed by atoms with E-state index in [1.54, 1.807) is 61.2 Å². The molecular weight excluding hydrogens is 410 g/mol. The average Bonchev–Trinajstić information content (AvgIpc) is 2.80. The Morgan fingerprint density at radius 2 is 1.00 bits per heavy atom. The van der Waals surface area contributed by atoms with Crippen LogP contribution in [0.4, 0.5) is 8.78 Å². The van der Waals surface area contributed by atoms with Gasteiger partial charge in [-0.05, 0) is 59.7 Å². The summed E-state index contributed by atoms with van der Waals surface area (Å²) in [5.41, 5.74) is 14.1. The summed E-state index contributed by atoms with van der Waals surface area (Å²) in [5.74, 6) is -0.388. The molecule has 4 aromatic rings. The lowest BCUT2D eigenvalue weighted by molar-refractivity contribution is 0.629. The molecule has 0 unspecified atom stereocenters. The van der Waals surface area contributed by atoms with Gasteiger partial charge in [0, 0.05) is 24.8 Å². The molecule has 4 N–H and O–H groups in total. The van der Waals surface area contributed by atoms with E-state index in [1.165, 1.54) is 24.3 Å². The van der Waals surface area contributed by atoms with Crippen molar-refractivity contribution in [1.82, 2.24) is 19.9 Å². The van der Waals surface area contributed by atoms with Crippen molar-refractivity contribution < 1.29 is 8.78 Å². The highest BCUT2D eigenvalue weighted by molar-refractivity contribution is 5.68. The first-order valence-corrected chi connectivity index (χ1v) is 9.60. The van der Waals surface area contributed by atoms with Gasteiger partial charge in [-0.2, -0.15) is 0 Å². The predicted octanol–water partition coefficient (Wildman–Crippen LogP) is 4.18. The van der Waals surface area contributed by atoms with Crippen molar-refractivity contribution in [3.63, 3.8) is 0 Å². The van der Waals surface area contributed by atoms with E-state index >= 15 is 0 Å². The fourth-order valence-corrected chi connectivity index (χ4v) is 3.01. The number of rotatable bonds is 5. The molecule has 0 radical (unpaired) electrons. The zero-order valence-electron chi connectivity index (χ0n) is 16.8. The first-order chi connectivity index (χ1) is 15.5. The Morgan fingerprint density at radius 1 is 0.625 bits per heavy atom. The third-order valence-corrected chi connectivity index (χ3v) is 4.58. The summed E-state index contributed by atoms with van der Waals surface area (Å²) in [6.07, 6.45) is 9.24. The van der Waals surface area contributed by atoms with Crippen LogP contribution in [0.15, 0.2) is 84.7 Å². The number of hydrogen-bond acceptors (Lipinski definition) is 6. The summed E-state index contributed by atoms with van der Waals surface area (Å²) in [4.78, 5) is 16.2. The minimum atomic E-state index is -0.485. The topological polar surface area (TPSA) is 104 Å². The van der Waals surface area contributed by atoms with Gasteiger partial charge < -0.3 is 11.5 Å². The highest BCUT2D eigenvalue weighted by atomic mass is 19.1. The van der Waals surface area contributed by atoms with Crippen LogP contribution in [0.25, 0.3) is 34.9 Å². The molecule has 0 spiro atoms. The van der Waals surface area contributed by atoms with E-state index in [0.29, 0.717) is 22.8 Å². The quantitative estimate of drug-likeness (QED) is 0.462. The molecule has 6 nitrogen and oxygen atoms in total. The number of nitrogens with two attached hydrogens (primary N) is 2. The monoisotopic (exact) mass is 428 g/mol. The van der Waals surface area contributed by atoms with Gasteiger partial charge in [0.15, 0.2) is 11.6 Å². The number of nitrogens with zero attached hydrogens (tertiary/aromatic N) is 4. The lowest BCUT2D eigenvalue weighted by Gasteiger charge is -2.06. The van der Waals surface area contributed by atoms with Crippen LogP contribution in [0.1, 0.15) is 11.1 Å². The third-order valence-electron chi connectivity index (χ3n) is 4.58. The average molecular weight is 428 g/mol. The summed E-state index contributed by atoms with van der Waals surface area (Å²) in [6.45, 7) is 0. The summed E-state index contributed by atoms with van der Waals surface area (Å²) in [7, 11) is 0. The maximum absolute atomic E-state index is 14.5. The van der Waals surface area contributed by atoms with Gasteiger partial charge in [-0.3, -0.25) is 0 Å². The number of aromatic nitrogens is 4. The van der Waals surface area contributed by atoms with E-state index in [-0.39, 0.29) is 22.5 Å². The molecule has 0 aliphatic carbocycles. The molecule has 0 bridgehead atoms. The van der Waals surface area contributed by atoms with Crippen molar-refractivity contribution in [2.45, 2.75) is 0 Å². The van der Waals surface area contributed by atoms with Crippen LogP contribution in [-0.2, 0) is 0 Å². The largest absolute Gasteiger partial charge is 0.397 e. The lowest BCUT2D eigenvalue weighted by Crippen LogP contribution is -2.09. The van der Waals surface area contributed by atoms with Crippen molar-refractivity contribution in [3.05, 3.63) is 107 Å². The zero-order valence-corrected chi connectivity index (χ0v) is 16.8. The lowest BCUT2D eigenvalue weighted by atomic mass is 10.1. The second kappa shape index (κ2) is 9.13. The number of halogens is 2. The highest BCUT2D eigenvalue weighted by Crippen LogP contribution is 2.23. The number of benzene rings is 2. The molecule has 2 aromatic heterocycles. The molecule has 0 fully saturated rings. The second-order valence-electron chi connectivity index (χ2n) is 6.82. The van der Waals surface area contributed by atoms with E-state index in [4.69, 9.17) is 11.5 Å². The van der Waals surface area contributed by atoms with Crippen LogP contribution < -0.4 is 11.5 Å². The zero-order chi connectivity index (χ0) is 22.5. The molecule has 0 saturated heterocycles. The summed E-state index contributed by atoms with van der Waals surface area (Å²) < 4.78 is 29.0. The molecule has 0 amide bonds. The summed E-state index contributed by atoms with van der Waals surface area (Å²) in [5, 5.41) is 0. The van der Waals surface area contributed by atoms with Gasteiger partial charge in [0.05, 0.1) is 22.5 Å². The summed E-state index contributed by atoms with van der Waals surface area (Å²) >= 11 is 0. The Balaban J connectivity index is 1.56. The molecule has 158 valence electrons. The molecule has 2 heterocycles. The van der Waals surface area contributed by atoms with Crippen molar-refractivity contribution in [2.75, 3.05) is 0 Å². The molecule has 0 saturated carbocycles. The van der Waals surface area contributed by atoms with Gasteiger partial charge in [-0.25, -0.2) is 28.7 Å². The van der Waals surface area contributed by atoms with Crippen LogP contribution in [0.2, 0.25) is 0 Å². The molecule has 0 atom stereocenters. The third kappa shape index (κ3) is 4.65. The molecule has 0 aliphatic heterocycles. The van der Waals surface area contributed by atoms with E-state index in [1.807, 2.05) is 0 Å². The molecule has 4 rings (SSSR count). The first kappa shape index (κ1) is 20.8. The van der Waals surface area contributed by atoms with Crippen LogP contribution in [0.3, 0.4) is 0 Å². The number of hydrogen-bond donors (Lipinski definition) is 2. The Bertz CT molecular complexity index is 1200. The van der Waals surface area contributed by atoms with Gasteiger partial charge in [0.25, 0.3) is 0 Å². The normalized spacial score (nSPS) is 12.1. The van der Waals surface area contributed by atoms with E-state index in [0.717, 1.165) is 0 Å². The predicted molar refractivity (Wildman–Crippen MR) is 119 cm³/mol. The van der Waals surface area contributed by atoms with Crippen molar-refractivity contribution in [1.29, 1.82) is 0 Å². The maximum Gasteiger partial charge on any atom is 0.162 e. The van der Waals surface area contributed by atoms with Gasteiger partial charge in [0.2, 0.25) is 0 Å². The molecular formula is C24H18F2N6. The standard InChI is InChI=1S/C24H18F2N6/c25-19-11-15(3-5-17(19)23-29-7-1-8-30-23)13-21(27)22(28)14-16-4-6-18(20(26)12-16)24-31-9-2-10-32-24/h1-14H,27-28H2/b21-13+,22-14+. The minimum absolute atomic E-state index is 0.212. The van der Waals surface area contributed by atoms with Gasteiger partial charge in [-0.15, -0.1) is 0 Å². The fraction of sp³-hybridized carbons (Fsp3) is 0. The Hall–Kier alpha value is -4.46. The first-order valence-electron chi connectivity index (χ1n) is 9.60. The second-order valence-corrected chi connectivity index (χ2v) is 6.82. The van der Waals surface area contributed by atoms with E-state index < -0.39 is 11.6 Å².